The molecule has 2 heteroatoms. The van der Waals surface area contributed by atoms with Gasteiger partial charge in [-0.25, -0.2) is 0 Å². The predicted octanol–water partition coefficient (Wildman–Crippen LogP) is 4.04. The molecule has 0 bridgehead atoms. The lowest BCUT2D eigenvalue weighted by Crippen LogP contribution is -2.38. The van der Waals surface area contributed by atoms with E-state index in [9.17, 15) is 0 Å². The molecule has 1 fully saturated rings. The highest BCUT2D eigenvalue weighted by Gasteiger charge is 2.29. The molecule has 1 saturated heterocycles. The van der Waals surface area contributed by atoms with Gasteiger partial charge in [-0.2, -0.15) is 0 Å². The van der Waals surface area contributed by atoms with E-state index in [1.54, 1.807) is 11.1 Å². The van der Waals surface area contributed by atoms with Crippen molar-refractivity contribution < 1.29 is 4.74 Å². The highest BCUT2D eigenvalue weighted by atomic mass is 16.5. The summed E-state index contributed by atoms with van der Waals surface area (Å²) < 4.78 is 5.95. The van der Waals surface area contributed by atoms with Crippen LogP contribution in [-0.2, 0) is 11.2 Å². The molecule has 1 N–H and O–H groups in total. The molecule has 1 aliphatic carbocycles. The molecule has 1 aliphatic heterocycles. The van der Waals surface area contributed by atoms with Crippen LogP contribution >= 0.6 is 0 Å². The van der Waals surface area contributed by atoms with Crippen LogP contribution in [0.15, 0.2) is 24.3 Å². The van der Waals surface area contributed by atoms with Crippen molar-refractivity contribution in [3.8, 4) is 0 Å². The minimum atomic E-state index is 0.489. The van der Waals surface area contributed by atoms with Crippen molar-refractivity contribution in [1.29, 1.82) is 0 Å². The minimum absolute atomic E-state index is 0.489. The van der Waals surface area contributed by atoms with Gasteiger partial charge >= 0.3 is 0 Å². The molecule has 21 heavy (non-hydrogen) atoms. The molecule has 2 nitrogen and oxygen atoms in total. The molecule has 0 amide bonds. The number of ether oxygens (including phenoxy) is 1. The van der Waals surface area contributed by atoms with Crippen molar-refractivity contribution in [2.75, 3.05) is 13.2 Å². The van der Waals surface area contributed by atoms with Crippen molar-refractivity contribution in [2.24, 2.45) is 0 Å². The molecular weight excluding hydrogens is 258 g/mol. The zero-order chi connectivity index (χ0) is 14.5. The Morgan fingerprint density at radius 1 is 1.24 bits per heavy atom. The van der Waals surface area contributed by atoms with E-state index in [-0.39, 0.29) is 0 Å². The summed E-state index contributed by atoms with van der Waals surface area (Å²) in [7, 11) is 0. The van der Waals surface area contributed by atoms with Gasteiger partial charge in [0.05, 0.1) is 6.10 Å². The Morgan fingerprint density at radius 3 is 2.90 bits per heavy atom. The second-order valence-corrected chi connectivity index (χ2v) is 6.71. The van der Waals surface area contributed by atoms with Gasteiger partial charge in [-0.3, -0.25) is 0 Å². The van der Waals surface area contributed by atoms with Crippen LogP contribution in [0.25, 0.3) is 0 Å². The monoisotopic (exact) mass is 287 g/mol. The van der Waals surface area contributed by atoms with Gasteiger partial charge in [0.2, 0.25) is 0 Å². The van der Waals surface area contributed by atoms with Crippen LogP contribution in [0.1, 0.15) is 62.5 Å². The fourth-order valence-electron chi connectivity index (χ4n) is 3.84. The number of nitrogens with one attached hydrogen (secondary N) is 1. The normalized spacial score (nSPS) is 26.0. The highest BCUT2D eigenvalue weighted by Crippen LogP contribution is 2.38. The SMILES string of the molecule is CCCNC(CC1CCCCO1)CC1Cc2ccccc21. The second-order valence-electron chi connectivity index (χ2n) is 6.71. The molecule has 0 saturated carbocycles. The van der Waals surface area contributed by atoms with Crippen molar-refractivity contribution in [1.82, 2.24) is 5.32 Å². The predicted molar refractivity (Wildman–Crippen MR) is 87.8 cm³/mol. The van der Waals surface area contributed by atoms with Gasteiger partial charge in [0.25, 0.3) is 0 Å². The third-order valence-electron chi connectivity index (χ3n) is 5.03. The van der Waals surface area contributed by atoms with E-state index in [0.717, 1.165) is 19.1 Å². The Labute approximate surface area is 129 Å². The largest absolute Gasteiger partial charge is 0.378 e. The van der Waals surface area contributed by atoms with Crippen LogP contribution in [0, 0.1) is 0 Å². The molecule has 3 unspecified atom stereocenters. The van der Waals surface area contributed by atoms with Gasteiger partial charge in [0, 0.05) is 12.6 Å². The van der Waals surface area contributed by atoms with Gasteiger partial charge < -0.3 is 10.1 Å². The van der Waals surface area contributed by atoms with E-state index in [0.29, 0.717) is 12.1 Å². The summed E-state index contributed by atoms with van der Waals surface area (Å²) in [5, 5.41) is 3.77. The summed E-state index contributed by atoms with van der Waals surface area (Å²) in [6.07, 6.45) is 9.29. The number of fused-ring (bicyclic) bond motifs is 1. The topological polar surface area (TPSA) is 21.3 Å². The van der Waals surface area contributed by atoms with Crippen LogP contribution in [0.2, 0.25) is 0 Å². The first kappa shape index (κ1) is 15.1. The Morgan fingerprint density at radius 2 is 2.14 bits per heavy atom. The number of hydrogen-bond acceptors (Lipinski definition) is 2. The van der Waals surface area contributed by atoms with Gasteiger partial charge in [0.15, 0.2) is 0 Å². The lowest BCUT2D eigenvalue weighted by atomic mass is 9.74. The van der Waals surface area contributed by atoms with E-state index in [1.807, 2.05) is 0 Å². The first-order chi connectivity index (χ1) is 10.4. The third-order valence-corrected chi connectivity index (χ3v) is 5.03. The fraction of sp³-hybridized carbons (Fsp3) is 0.684. The fourth-order valence-corrected chi connectivity index (χ4v) is 3.84. The lowest BCUT2D eigenvalue weighted by Gasteiger charge is -2.35. The van der Waals surface area contributed by atoms with Gasteiger partial charge in [0.1, 0.15) is 0 Å². The van der Waals surface area contributed by atoms with E-state index in [4.69, 9.17) is 4.74 Å². The lowest BCUT2D eigenvalue weighted by molar-refractivity contribution is 0.00417. The summed E-state index contributed by atoms with van der Waals surface area (Å²) in [5.41, 5.74) is 3.15. The maximum absolute atomic E-state index is 5.95. The number of benzene rings is 1. The summed E-state index contributed by atoms with van der Waals surface area (Å²) in [5.74, 6) is 0.763. The van der Waals surface area contributed by atoms with Gasteiger partial charge in [-0.15, -0.1) is 0 Å². The molecule has 116 valence electrons. The van der Waals surface area contributed by atoms with Crippen molar-refractivity contribution in [3.05, 3.63) is 35.4 Å². The van der Waals surface area contributed by atoms with E-state index >= 15 is 0 Å². The van der Waals surface area contributed by atoms with Crippen molar-refractivity contribution in [3.63, 3.8) is 0 Å². The zero-order valence-corrected chi connectivity index (χ0v) is 13.3. The molecule has 1 heterocycles. The summed E-state index contributed by atoms with van der Waals surface area (Å²) in [6, 6.07) is 9.56. The molecule has 0 radical (unpaired) electrons. The first-order valence-corrected chi connectivity index (χ1v) is 8.79. The van der Waals surface area contributed by atoms with Crippen molar-refractivity contribution >= 4 is 0 Å². The molecule has 3 atom stereocenters. The first-order valence-electron chi connectivity index (χ1n) is 8.79. The summed E-state index contributed by atoms with van der Waals surface area (Å²) >= 11 is 0. The second kappa shape index (κ2) is 7.42. The minimum Gasteiger partial charge on any atom is -0.378 e. The molecule has 1 aromatic carbocycles. The summed E-state index contributed by atoms with van der Waals surface area (Å²) in [4.78, 5) is 0. The van der Waals surface area contributed by atoms with E-state index < -0.39 is 0 Å². The van der Waals surface area contributed by atoms with Gasteiger partial charge in [-0.1, -0.05) is 31.2 Å². The molecule has 3 rings (SSSR count). The van der Waals surface area contributed by atoms with Crippen LogP contribution in [0.3, 0.4) is 0 Å². The third kappa shape index (κ3) is 3.87. The van der Waals surface area contributed by atoms with Crippen LogP contribution in [-0.4, -0.2) is 25.3 Å². The Bertz CT molecular complexity index is 439. The average Bonchev–Trinajstić information content (AvgIpc) is 2.51. The summed E-state index contributed by atoms with van der Waals surface area (Å²) in [6.45, 7) is 4.35. The number of rotatable bonds is 7. The van der Waals surface area contributed by atoms with Gasteiger partial charge in [-0.05, 0) is 68.5 Å². The average molecular weight is 287 g/mol. The number of hydrogen-bond donors (Lipinski definition) is 1. The van der Waals surface area contributed by atoms with Crippen LogP contribution < -0.4 is 5.32 Å². The zero-order valence-electron chi connectivity index (χ0n) is 13.3. The standard InChI is InChI=1S/C19H29NO/c1-2-10-20-17(14-18-8-5-6-11-21-18)13-16-12-15-7-3-4-9-19(15)16/h3-4,7,9,16-18,20H,2,5-6,8,10-14H2,1H3. The molecule has 2 aliphatic rings. The maximum atomic E-state index is 5.95. The van der Waals surface area contributed by atoms with E-state index in [1.165, 1.54) is 44.9 Å². The van der Waals surface area contributed by atoms with E-state index in [2.05, 4.69) is 36.5 Å². The smallest absolute Gasteiger partial charge is 0.0590 e. The maximum Gasteiger partial charge on any atom is 0.0590 e. The molecule has 0 aromatic heterocycles. The van der Waals surface area contributed by atoms with Crippen molar-refractivity contribution in [2.45, 2.75) is 69.9 Å². The highest BCUT2D eigenvalue weighted by molar-refractivity contribution is 5.39. The Balaban J connectivity index is 1.55. The quantitative estimate of drug-likeness (QED) is 0.817. The molecule has 1 aromatic rings. The van der Waals surface area contributed by atoms with Crippen LogP contribution in [0.4, 0.5) is 0 Å². The molecular formula is C19H29NO. The Kier molecular flexibility index (Phi) is 5.32. The van der Waals surface area contributed by atoms with Crippen LogP contribution in [0.5, 0.6) is 0 Å². The Hall–Kier alpha value is -0.860. The molecule has 0 spiro atoms.